The number of anilines is 4. The van der Waals surface area contributed by atoms with Crippen LogP contribution in [0.3, 0.4) is 0 Å². The number of aryl methyl sites for hydroxylation is 3. The van der Waals surface area contributed by atoms with Crippen LogP contribution in [0.4, 0.5) is 28.1 Å². The van der Waals surface area contributed by atoms with E-state index in [1.807, 2.05) is 57.2 Å². The number of aromatic nitrogens is 3. The van der Waals surface area contributed by atoms with E-state index in [0.29, 0.717) is 5.13 Å². The Balaban J connectivity index is 1.72. The quantitative estimate of drug-likeness (QED) is 0.337. The van der Waals surface area contributed by atoms with Crippen molar-refractivity contribution in [2.24, 2.45) is 0 Å². The molecule has 0 radical (unpaired) electrons. The van der Waals surface area contributed by atoms with Gasteiger partial charge in [-0.25, -0.2) is 15.0 Å². The molecule has 2 heterocycles. The van der Waals surface area contributed by atoms with Crippen molar-refractivity contribution in [2.75, 3.05) is 10.6 Å². The molecule has 8 nitrogen and oxygen atoms in total. The fourth-order valence-corrected chi connectivity index (χ4v) is 4.00. The Labute approximate surface area is 170 Å². The zero-order chi connectivity index (χ0) is 20.5. The molecule has 0 saturated carbocycles. The highest BCUT2D eigenvalue weighted by Crippen LogP contribution is 2.36. The first-order valence-corrected chi connectivity index (χ1v) is 9.71. The summed E-state index contributed by atoms with van der Waals surface area (Å²) in [4.78, 5) is 24.1. The number of thiazole rings is 1. The molecule has 9 heteroatoms. The van der Waals surface area contributed by atoms with Gasteiger partial charge in [0.15, 0.2) is 5.13 Å². The average molecular weight is 406 g/mol. The molecule has 0 fully saturated rings. The van der Waals surface area contributed by atoms with Crippen LogP contribution in [-0.2, 0) is 0 Å². The van der Waals surface area contributed by atoms with Crippen LogP contribution in [0.5, 0.6) is 0 Å². The smallest absolute Gasteiger partial charge is 0.334 e. The van der Waals surface area contributed by atoms with Crippen molar-refractivity contribution in [1.29, 1.82) is 0 Å². The molecular formula is C20H18N6O2S. The number of nitro groups is 1. The van der Waals surface area contributed by atoms with E-state index in [0.717, 1.165) is 32.6 Å². The van der Waals surface area contributed by atoms with E-state index in [1.165, 1.54) is 17.7 Å². The lowest BCUT2D eigenvalue weighted by molar-refractivity contribution is -0.383. The summed E-state index contributed by atoms with van der Waals surface area (Å²) in [6.07, 6.45) is 1.29. The molecule has 0 amide bonds. The lowest BCUT2D eigenvalue weighted by Gasteiger charge is -2.11. The number of benzene rings is 2. The standard InChI is InChI=1S/C20H18N6O2S/c1-11-7-8-14(13(3)9-11)23-18-17(26(27)28)19(22-10-21-18)25-20-24-16-12(2)5-4-6-15(16)29-20/h4-10H,1-3H3,(H2,21,22,23,24,25). The van der Waals surface area contributed by atoms with Gasteiger partial charge >= 0.3 is 5.69 Å². The van der Waals surface area contributed by atoms with Crippen LogP contribution in [-0.4, -0.2) is 19.9 Å². The first-order chi connectivity index (χ1) is 13.9. The topological polar surface area (TPSA) is 106 Å². The zero-order valence-corrected chi connectivity index (χ0v) is 16.9. The van der Waals surface area contributed by atoms with Crippen LogP contribution in [0.1, 0.15) is 16.7 Å². The van der Waals surface area contributed by atoms with Crippen LogP contribution >= 0.6 is 11.3 Å². The maximum atomic E-state index is 11.8. The highest BCUT2D eigenvalue weighted by Gasteiger charge is 2.24. The zero-order valence-electron chi connectivity index (χ0n) is 16.1. The monoisotopic (exact) mass is 406 g/mol. The summed E-state index contributed by atoms with van der Waals surface area (Å²) in [5.74, 6) is 0.214. The van der Waals surface area contributed by atoms with Crippen LogP contribution in [0.25, 0.3) is 10.2 Å². The molecule has 2 aromatic carbocycles. The van der Waals surface area contributed by atoms with Crippen molar-refractivity contribution in [3.63, 3.8) is 0 Å². The maximum Gasteiger partial charge on any atom is 0.353 e. The fraction of sp³-hybridized carbons (Fsp3) is 0.150. The van der Waals surface area contributed by atoms with Gasteiger partial charge in [-0.2, -0.15) is 0 Å². The van der Waals surface area contributed by atoms with Gasteiger partial charge in [-0.1, -0.05) is 41.2 Å². The van der Waals surface area contributed by atoms with Crippen molar-refractivity contribution >= 4 is 49.7 Å². The number of nitrogens with zero attached hydrogens (tertiary/aromatic N) is 4. The van der Waals surface area contributed by atoms with Crippen LogP contribution in [0, 0.1) is 30.9 Å². The van der Waals surface area contributed by atoms with Crippen molar-refractivity contribution in [2.45, 2.75) is 20.8 Å². The second-order valence-corrected chi connectivity index (χ2v) is 7.72. The lowest BCUT2D eigenvalue weighted by Crippen LogP contribution is -2.06. The van der Waals surface area contributed by atoms with Gasteiger partial charge in [-0.05, 0) is 44.0 Å². The summed E-state index contributed by atoms with van der Waals surface area (Å²) in [6, 6.07) is 11.7. The minimum atomic E-state index is -0.493. The van der Waals surface area contributed by atoms with E-state index in [9.17, 15) is 10.1 Å². The highest BCUT2D eigenvalue weighted by molar-refractivity contribution is 7.22. The van der Waals surface area contributed by atoms with E-state index in [-0.39, 0.29) is 17.3 Å². The van der Waals surface area contributed by atoms with Gasteiger partial charge in [-0.3, -0.25) is 10.1 Å². The Bertz CT molecular complexity index is 1240. The number of fused-ring (bicyclic) bond motifs is 1. The molecule has 0 bridgehead atoms. The molecule has 4 aromatic rings. The summed E-state index contributed by atoms with van der Waals surface area (Å²) in [7, 11) is 0. The first kappa shape index (κ1) is 18.8. The van der Waals surface area contributed by atoms with E-state index in [4.69, 9.17) is 0 Å². The minimum Gasteiger partial charge on any atom is -0.334 e. The predicted octanol–water partition coefficient (Wildman–Crippen LogP) is 5.41. The molecule has 0 aliphatic carbocycles. The van der Waals surface area contributed by atoms with E-state index in [2.05, 4.69) is 25.6 Å². The number of rotatable bonds is 5. The Hall–Kier alpha value is -3.59. The lowest BCUT2D eigenvalue weighted by atomic mass is 10.1. The van der Waals surface area contributed by atoms with E-state index < -0.39 is 4.92 Å². The fourth-order valence-electron chi connectivity index (χ4n) is 3.06. The third-order valence-corrected chi connectivity index (χ3v) is 5.42. The number of hydrogen-bond acceptors (Lipinski definition) is 8. The Morgan fingerprint density at radius 3 is 2.45 bits per heavy atom. The van der Waals surface area contributed by atoms with Gasteiger partial charge < -0.3 is 10.6 Å². The second kappa shape index (κ2) is 7.44. The van der Waals surface area contributed by atoms with Crippen LogP contribution in [0.15, 0.2) is 42.7 Å². The molecular weight excluding hydrogens is 388 g/mol. The minimum absolute atomic E-state index is 0.0916. The normalized spacial score (nSPS) is 10.9. The number of nitrogens with one attached hydrogen (secondary N) is 2. The molecule has 0 saturated heterocycles. The van der Waals surface area contributed by atoms with Gasteiger partial charge in [0.1, 0.15) is 6.33 Å². The Morgan fingerprint density at radius 2 is 1.76 bits per heavy atom. The number of para-hydroxylation sites is 1. The molecule has 29 heavy (non-hydrogen) atoms. The molecule has 2 aromatic heterocycles. The maximum absolute atomic E-state index is 11.8. The van der Waals surface area contributed by atoms with Crippen molar-refractivity contribution < 1.29 is 4.92 Å². The largest absolute Gasteiger partial charge is 0.353 e. The van der Waals surface area contributed by atoms with Crippen molar-refractivity contribution in [3.8, 4) is 0 Å². The summed E-state index contributed by atoms with van der Waals surface area (Å²) >= 11 is 1.41. The first-order valence-electron chi connectivity index (χ1n) is 8.89. The summed E-state index contributed by atoms with van der Waals surface area (Å²) in [5.41, 5.74) is 4.50. The molecule has 146 valence electrons. The SMILES string of the molecule is Cc1ccc(Nc2ncnc(Nc3nc4c(C)cccc4s3)c2[N+](=O)[O-])c(C)c1. The van der Waals surface area contributed by atoms with Crippen LogP contribution in [0.2, 0.25) is 0 Å². The van der Waals surface area contributed by atoms with Gasteiger partial charge in [0.05, 0.1) is 15.1 Å². The van der Waals surface area contributed by atoms with Crippen molar-refractivity contribution in [3.05, 3.63) is 69.5 Å². The van der Waals surface area contributed by atoms with Crippen molar-refractivity contribution in [1.82, 2.24) is 15.0 Å². The predicted molar refractivity (Wildman–Crippen MR) is 116 cm³/mol. The molecule has 2 N–H and O–H groups in total. The average Bonchev–Trinajstić information content (AvgIpc) is 3.08. The second-order valence-electron chi connectivity index (χ2n) is 6.69. The van der Waals surface area contributed by atoms with Gasteiger partial charge in [0.2, 0.25) is 11.6 Å². The van der Waals surface area contributed by atoms with Gasteiger partial charge in [-0.15, -0.1) is 0 Å². The highest BCUT2D eigenvalue weighted by atomic mass is 32.1. The third kappa shape index (κ3) is 3.72. The molecule has 0 aliphatic rings. The number of hydrogen-bond donors (Lipinski definition) is 2. The van der Waals surface area contributed by atoms with Gasteiger partial charge in [0.25, 0.3) is 0 Å². The molecule has 0 unspecified atom stereocenters. The summed E-state index contributed by atoms with van der Waals surface area (Å²) < 4.78 is 0.998. The van der Waals surface area contributed by atoms with Crippen LogP contribution < -0.4 is 10.6 Å². The molecule has 0 aliphatic heterocycles. The summed E-state index contributed by atoms with van der Waals surface area (Å²) in [5, 5.41) is 18.4. The Morgan fingerprint density at radius 1 is 1.00 bits per heavy atom. The van der Waals surface area contributed by atoms with E-state index >= 15 is 0 Å². The van der Waals surface area contributed by atoms with Gasteiger partial charge in [0, 0.05) is 5.69 Å². The van der Waals surface area contributed by atoms with E-state index in [1.54, 1.807) is 0 Å². The Kier molecular flexibility index (Phi) is 4.81. The molecule has 4 rings (SSSR count). The molecule has 0 atom stereocenters. The molecule has 0 spiro atoms. The summed E-state index contributed by atoms with van der Waals surface area (Å²) in [6.45, 7) is 5.90. The third-order valence-electron chi connectivity index (χ3n) is 4.49.